The third-order valence-electron chi connectivity index (χ3n) is 5.33. The molecule has 0 amide bonds. The lowest BCUT2D eigenvalue weighted by molar-refractivity contribution is 0.238. The van der Waals surface area contributed by atoms with Crippen LogP contribution < -0.4 is 18.9 Å². The standard InChI is InChI=1S/C25H27N3O4/c1-29-21-8-6-18(7-9-21)5-4-12-28-13-14-32-25-20(17-28)15-19(16-23(25)30-2)22-10-11-24(31-3)27-26-22/h4-11,15-16H,12-14,17H2,1-3H3. The van der Waals surface area contributed by atoms with Gasteiger partial charge in [-0.1, -0.05) is 24.3 Å². The van der Waals surface area contributed by atoms with Gasteiger partial charge in [-0.15, -0.1) is 10.2 Å². The predicted molar refractivity (Wildman–Crippen MR) is 123 cm³/mol. The van der Waals surface area contributed by atoms with E-state index in [1.165, 1.54) is 0 Å². The van der Waals surface area contributed by atoms with Gasteiger partial charge in [-0.2, -0.15) is 0 Å². The summed E-state index contributed by atoms with van der Waals surface area (Å²) in [5.41, 5.74) is 3.88. The zero-order valence-electron chi connectivity index (χ0n) is 18.6. The zero-order chi connectivity index (χ0) is 22.3. The fourth-order valence-corrected chi connectivity index (χ4v) is 3.63. The molecule has 166 valence electrons. The lowest BCUT2D eigenvalue weighted by Crippen LogP contribution is -2.25. The topological polar surface area (TPSA) is 65.9 Å². The normalized spacial score (nSPS) is 13.8. The molecule has 2 heterocycles. The smallest absolute Gasteiger partial charge is 0.233 e. The van der Waals surface area contributed by atoms with Crippen LogP contribution in [0.1, 0.15) is 11.1 Å². The SMILES string of the molecule is COc1ccc(C=CCN2CCOc3c(cc(-c4ccc(OC)nn4)cc3OC)C2)cc1. The first-order valence-electron chi connectivity index (χ1n) is 10.4. The molecule has 1 aliphatic heterocycles. The highest BCUT2D eigenvalue weighted by molar-refractivity contribution is 5.66. The molecule has 0 saturated heterocycles. The van der Waals surface area contributed by atoms with Crippen molar-refractivity contribution in [3.8, 4) is 34.4 Å². The molecule has 0 saturated carbocycles. The van der Waals surface area contributed by atoms with Gasteiger partial charge >= 0.3 is 0 Å². The van der Waals surface area contributed by atoms with Gasteiger partial charge in [0, 0.05) is 36.8 Å². The number of hydrogen-bond donors (Lipinski definition) is 0. The molecular weight excluding hydrogens is 406 g/mol. The molecule has 0 fully saturated rings. The van der Waals surface area contributed by atoms with E-state index in [0.717, 1.165) is 53.5 Å². The Morgan fingerprint density at radius 2 is 1.81 bits per heavy atom. The summed E-state index contributed by atoms with van der Waals surface area (Å²) in [6, 6.07) is 15.7. The third-order valence-corrected chi connectivity index (χ3v) is 5.33. The fourth-order valence-electron chi connectivity index (χ4n) is 3.63. The molecule has 0 atom stereocenters. The summed E-state index contributed by atoms with van der Waals surface area (Å²) in [5, 5.41) is 8.36. The predicted octanol–water partition coefficient (Wildman–Crippen LogP) is 4.08. The maximum Gasteiger partial charge on any atom is 0.233 e. The van der Waals surface area contributed by atoms with Crippen molar-refractivity contribution in [1.29, 1.82) is 0 Å². The Labute approximate surface area is 188 Å². The summed E-state index contributed by atoms with van der Waals surface area (Å²) >= 11 is 0. The Morgan fingerprint density at radius 3 is 2.50 bits per heavy atom. The van der Waals surface area contributed by atoms with Gasteiger partial charge < -0.3 is 18.9 Å². The summed E-state index contributed by atoms with van der Waals surface area (Å²) in [6.07, 6.45) is 4.29. The molecule has 0 N–H and O–H groups in total. The Kier molecular flexibility index (Phi) is 6.87. The minimum absolute atomic E-state index is 0.480. The maximum absolute atomic E-state index is 6.06. The minimum atomic E-state index is 0.480. The monoisotopic (exact) mass is 433 g/mol. The van der Waals surface area contributed by atoms with Gasteiger partial charge in [0.1, 0.15) is 12.4 Å². The molecule has 0 unspecified atom stereocenters. The summed E-state index contributed by atoms with van der Waals surface area (Å²) in [6.45, 7) is 2.98. The van der Waals surface area contributed by atoms with Crippen molar-refractivity contribution < 1.29 is 18.9 Å². The van der Waals surface area contributed by atoms with E-state index in [1.54, 1.807) is 27.4 Å². The van der Waals surface area contributed by atoms with Gasteiger partial charge in [0.15, 0.2) is 11.5 Å². The molecular formula is C25H27N3O4. The van der Waals surface area contributed by atoms with E-state index in [1.807, 2.05) is 36.4 Å². The molecule has 0 aliphatic carbocycles. The van der Waals surface area contributed by atoms with E-state index < -0.39 is 0 Å². The largest absolute Gasteiger partial charge is 0.497 e. The number of fused-ring (bicyclic) bond motifs is 1. The molecule has 1 aromatic heterocycles. The Balaban J connectivity index is 1.53. The van der Waals surface area contributed by atoms with Gasteiger partial charge in [-0.05, 0) is 35.9 Å². The van der Waals surface area contributed by atoms with Gasteiger partial charge in [0.2, 0.25) is 5.88 Å². The van der Waals surface area contributed by atoms with Crippen molar-refractivity contribution in [2.75, 3.05) is 41.0 Å². The van der Waals surface area contributed by atoms with Gasteiger partial charge in [0.05, 0.1) is 27.0 Å². The van der Waals surface area contributed by atoms with Crippen molar-refractivity contribution in [3.63, 3.8) is 0 Å². The van der Waals surface area contributed by atoms with Crippen LogP contribution in [0.25, 0.3) is 17.3 Å². The second-order valence-electron chi connectivity index (χ2n) is 7.39. The second kappa shape index (κ2) is 10.2. The van der Waals surface area contributed by atoms with E-state index in [9.17, 15) is 0 Å². The number of methoxy groups -OCH3 is 3. The molecule has 7 heteroatoms. The van der Waals surface area contributed by atoms with Gasteiger partial charge in [0.25, 0.3) is 0 Å². The van der Waals surface area contributed by atoms with Crippen LogP contribution >= 0.6 is 0 Å². The number of nitrogens with zero attached hydrogens (tertiary/aromatic N) is 3. The number of ether oxygens (including phenoxy) is 4. The first-order valence-corrected chi connectivity index (χ1v) is 10.4. The summed E-state index contributed by atoms with van der Waals surface area (Å²) in [5.74, 6) is 2.83. The molecule has 32 heavy (non-hydrogen) atoms. The van der Waals surface area contributed by atoms with Crippen molar-refractivity contribution in [1.82, 2.24) is 15.1 Å². The van der Waals surface area contributed by atoms with E-state index in [-0.39, 0.29) is 0 Å². The average Bonchev–Trinajstić information content (AvgIpc) is 3.06. The lowest BCUT2D eigenvalue weighted by Gasteiger charge is -2.18. The van der Waals surface area contributed by atoms with Crippen LogP contribution in [0.3, 0.4) is 0 Å². The number of aromatic nitrogens is 2. The van der Waals surface area contributed by atoms with E-state index in [0.29, 0.717) is 18.2 Å². The van der Waals surface area contributed by atoms with E-state index >= 15 is 0 Å². The van der Waals surface area contributed by atoms with Crippen LogP contribution in [-0.2, 0) is 6.54 Å². The first-order chi connectivity index (χ1) is 15.7. The Bertz CT molecular complexity index is 1070. The van der Waals surface area contributed by atoms with Crippen molar-refractivity contribution >= 4 is 6.08 Å². The number of benzene rings is 2. The van der Waals surface area contributed by atoms with E-state index in [2.05, 4.69) is 33.3 Å². The maximum atomic E-state index is 6.06. The summed E-state index contributed by atoms with van der Waals surface area (Å²) in [4.78, 5) is 2.34. The highest BCUT2D eigenvalue weighted by Crippen LogP contribution is 2.38. The average molecular weight is 434 g/mol. The van der Waals surface area contributed by atoms with Crippen molar-refractivity contribution in [2.45, 2.75) is 6.54 Å². The van der Waals surface area contributed by atoms with Crippen LogP contribution in [0, 0.1) is 0 Å². The van der Waals surface area contributed by atoms with Crippen LogP contribution in [0.4, 0.5) is 0 Å². The first kappa shape index (κ1) is 21.6. The highest BCUT2D eigenvalue weighted by atomic mass is 16.5. The highest BCUT2D eigenvalue weighted by Gasteiger charge is 2.20. The number of hydrogen-bond acceptors (Lipinski definition) is 7. The molecule has 7 nitrogen and oxygen atoms in total. The summed E-state index contributed by atoms with van der Waals surface area (Å²) in [7, 11) is 4.90. The molecule has 1 aliphatic rings. The van der Waals surface area contributed by atoms with Gasteiger partial charge in [-0.3, -0.25) is 4.90 Å². The molecule has 0 bridgehead atoms. The second-order valence-corrected chi connectivity index (χ2v) is 7.39. The quantitative estimate of drug-likeness (QED) is 0.556. The summed E-state index contributed by atoms with van der Waals surface area (Å²) < 4.78 is 22.0. The Morgan fingerprint density at radius 1 is 0.969 bits per heavy atom. The van der Waals surface area contributed by atoms with Crippen LogP contribution in [0.2, 0.25) is 0 Å². The molecule has 0 spiro atoms. The molecule has 0 radical (unpaired) electrons. The lowest BCUT2D eigenvalue weighted by atomic mass is 10.1. The Hall–Kier alpha value is -3.58. The van der Waals surface area contributed by atoms with Crippen LogP contribution in [0.5, 0.6) is 23.1 Å². The van der Waals surface area contributed by atoms with Crippen molar-refractivity contribution in [3.05, 3.63) is 65.7 Å². The van der Waals surface area contributed by atoms with Crippen LogP contribution in [-0.4, -0.2) is 56.1 Å². The van der Waals surface area contributed by atoms with E-state index in [4.69, 9.17) is 18.9 Å². The number of rotatable bonds is 7. The van der Waals surface area contributed by atoms with Crippen molar-refractivity contribution in [2.24, 2.45) is 0 Å². The molecule has 3 aromatic rings. The third kappa shape index (κ3) is 5.00. The molecule has 4 rings (SSSR count). The zero-order valence-corrected chi connectivity index (χ0v) is 18.6. The minimum Gasteiger partial charge on any atom is -0.497 e. The van der Waals surface area contributed by atoms with Gasteiger partial charge in [-0.25, -0.2) is 0 Å². The van der Waals surface area contributed by atoms with Crippen LogP contribution in [0.15, 0.2) is 54.6 Å². The molecule has 2 aromatic carbocycles. The fraction of sp³-hybridized carbons (Fsp3) is 0.280.